The monoisotopic (exact) mass is 304 g/mol. The summed E-state index contributed by atoms with van der Waals surface area (Å²) < 4.78 is 0. The SMILES string of the molecule is Cc1ccc(N2C(=O)[C@@H]3[C@H](C2=O)[C@H]2N[C@@H]3c3ccccc32)cc1. The predicted octanol–water partition coefficient (Wildman–Crippen LogP) is 2.50. The lowest BCUT2D eigenvalue weighted by molar-refractivity contribution is -0.123. The van der Waals surface area contributed by atoms with E-state index in [-0.39, 0.29) is 35.7 Å². The van der Waals surface area contributed by atoms with Gasteiger partial charge in [0.25, 0.3) is 0 Å². The summed E-state index contributed by atoms with van der Waals surface area (Å²) >= 11 is 0. The average Bonchev–Trinajstić information content (AvgIpc) is 3.20. The Kier molecular flexibility index (Phi) is 2.43. The Morgan fingerprint density at radius 2 is 1.35 bits per heavy atom. The Hall–Kier alpha value is -2.46. The molecule has 23 heavy (non-hydrogen) atoms. The minimum atomic E-state index is -0.274. The second-order valence-corrected chi connectivity index (χ2v) is 6.65. The summed E-state index contributed by atoms with van der Waals surface area (Å²) in [5, 5.41) is 3.47. The molecule has 0 unspecified atom stereocenters. The first-order valence-corrected chi connectivity index (χ1v) is 7.96. The van der Waals surface area contributed by atoms with Gasteiger partial charge < -0.3 is 5.32 Å². The molecule has 2 fully saturated rings. The number of rotatable bonds is 1. The van der Waals surface area contributed by atoms with Gasteiger partial charge in [0.15, 0.2) is 0 Å². The highest BCUT2D eigenvalue weighted by Crippen LogP contribution is 2.56. The van der Waals surface area contributed by atoms with Gasteiger partial charge in [0, 0.05) is 12.1 Å². The van der Waals surface area contributed by atoms with E-state index in [0.717, 1.165) is 5.56 Å². The zero-order valence-electron chi connectivity index (χ0n) is 12.7. The number of hydrogen-bond acceptors (Lipinski definition) is 3. The fraction of sp³-hybridized carbons (Fsp3) is 0.263. The van der Waals surface area contributed by atoms with Gasteiger partial charge in [-0.15, -0.1) is 0 Å². The maximum Gasteiger partial charge on any atom is 0.239 e. The first-order valence-electron chi connectivity index (χ1n) is 7.96. The number of carbonyl (C=O) groups is 2. The molecule has 2 saturated heterocycles. The van der Waals surface area contributed by atoms with Crippen LogP contribution in [0.25, 0.3) is 0 Å². The minimum Gasteiger partial charge on any atom is -0.301 e. The van der Waals surface area contributed by atoms with Gasteiger partial charge in [0.2, 0.25) is 11.8 Å². The van der Waals surface area contributed by atoms with E-state index in [9.17, 15) is 9.59 Å². The summed E-state index contributed by atoms with van der Waals surface area (Å²) in [4.78, 5) is 27.3. The number of nitrogens with zero attached hydrogens (tertiary/aromatic N) is 1. The second kappa shape index (κ2) is 4.30. The Labute approximate surface area is 134 Å². The number of fused-ring (bicyclic) bond motifs is 8. The van der Waals surface area contributed by atoms with Crippen LogP contribution in [0.1, 0.15) is 28.8 Å². The third-order valence-electron chi connectivity index (χ3n) is 5.43. The molecule has 0 aliphatic carbocycles. The van der Waals surface area contributed by atoms with E-state index in [1.165, 1.54) is 16.0 Å². The largest absolute Gasteiger partial charge is 0.301 e. The molecule has 4 atom stereocenters. The highest BCUT2D eigenvalue weighted by molar-refractivity contribution is 6.23. The van der Waals surface area contributed by atoms with Gasteiger partial charge in [-0.05, 0) is 30.2 Å². The molecule has 2 bridgehead atoms. The number of nitrogens with one attached hydrogen (secondary N) is 1. The number of amides is 2. The van der Waals surface area contributed by atoms with Gasteiger partial charge >= 0.3 is 0 Å². The molecule has 4 nitrogen and oxygen atoms in total. The van der Waals surface area contributed by atoms with Crippen LogP contribution in [0.3, 0.4) is 0 Å². The zero-order valence-corrected chi connectivity index (χ0v) is 12.7. The maximum atomic E-state index is 12.9. The van der Waals surface area contributed by atoms with Crippen molar-refractivity contribution in [1.82, 2.24) is 5.32 Å². The Morgan fingerprint density at radius 1 is 0.826 bits per heavy atom. The smallest absolute Gasteiger partial charge is 0.239 e. The van der Waals surface area contributed by atoms with Gasteiger partial charge in [0.1, 0.15) is 0 Å². The number of benzene rings is 2. The van der Waals surface area contributed by atoms with E-state index < -0.39 is 0 Å². The predicted molar refractivity (Wildman–Crippen MR) is 85.7 cm³/mol. The standard InChI is InChI=1S/C19H16N2O2/c1-10-6-8-11(9-7-10)21-18(22)14-15(19(21)23)17-13-5-3-2-4-12(13)16(14)20-17/h2-9,14-17,20H,1H3/t14-,15+,16-,17+. The zero-order chi connectivity index (χ0) is 15.7. The van der Waals surface area contributed by atoms with Crippen LogP contribution in [0.4, 0.5) is 5.69 Å². The van der Waals surface area contributed by atoms with Gasteiger partial charge in [0.05, 0.1) is 17.5 Å². The van der Waals surface area contributed by atoms with Crippen LogP contribution >= 0.6 is 0 Å². The topological polar surface area (TPSA) is 49.4 Å². The quantitative estimate of drug-likeness (QED) is 0.824. The molecule has 3 aliphatic rings. The highest BCUT2D eigenvalue weighted by atomic mass is 16.2. The number of hydrogen-bond donors (Lipinski definition) is 1. The van der Waals surface area contributed by atoms with Crippen molar-refractivity contribution in [3.05, 3.63) is 65.2 Å². The van der Waals surface area contributed by atoms with E-state index in [1.54, 1.807) is 0 Å². The third-order valence-corrected chi connectivity index (χ3v) is 5.43. The molecule has 4 heteroatoms. The number of carbonyl (C=O) groups excluding carboxylic acids is 2. The van der Waals surface area contributed by atoms with E-state index in [0.29, 0.717) is 5.69 Å². The minimum absolute atomic E-state index is 0.0342. The van der Waals surface area contributed by atoms with Crippen LogP contribution in [-0.4, -0.2) is 11.8 Å². The highest BCUT2D eigenvalue weighted by Gasteiger charge is 2.63. The van der Waals surface area contributed by atoms with Crippen LogP contribution in [0.5, 0.6) is 0 Å². The fourth-order valence-electron chi connectivity index (χ4n) is 4.41. The van der Waals surface area contributed by atoms with Crippen molar-refractivity contribution in [1.29, 1.82) is 0 Å². The summed E-state index contributed by atoms with van der Waals surface area (Å²) in [6, 6.07) is 15.6. The lowest BCUT2D eigenvalue weighted by atomic mass is 9.77. The first-order chi connectivity index (χ1) is 11.2. The first kappa shape index (κ1) is 13.0. The molecule has 2 amide bonds. The fourth-order valence-corrected chi connectivity index (χ4v) is 4.41. The van der Waals surface area contributed by atoms with Crippen LogP contribution < -0.4 is 10.2 Å². The van der Waals surface area contributed by atoms with E-state index in [1.807, 2.05) is 43.3 Å². The van der Waals surface area contributed by atoms with E-state index >= 15 is 0 Å². The molecule has 5 rings (SSSR count). The molecule has 2 aromatic carbocycles. The molecule has 0 aromatic heterocycles. The van der Waals surface area contributed by atoms with Crippen molar-refractivity contribution in [3.8, 4) is 0 Å². The summed E-state index contributed by atoms with van der Waals surface area (Å²) in [5.41, 5.74) is 4.14. The van der Waals surface area contributed by atoms with Crippen LogP contribution in [0.15, 0.2) is 48.5 Å². The lowest BCUT2D eigenvalue weighted by Gasteiger charge is -2.21. The molecule has 3 aliphatic heterocycles. The normalized spacial score (nSPS) is 30.7. The van der Waals surface area contributed by atoms with Crippen molar-refractivity contribution in [3.63, 3.8) is 0 Å². The van der Waals surface area contributed by atoms with Crippen molar-refractivity contribution >= 4 is 17.5 Å². The summed E-state index contributed by atoms with van der Waals surface area (Å²) in [6.07, 6.45) is 0. The second-order valence-electron chi connectivity index (χ2n) is 6.65. The van der Waals surface area contributed by atoms with Crippen LogP contribution in [0.2, 0.25) is 0 Å². The molecule has 114 valence electrons. The molecule has 0 saturated carbocycles. The van der Waals surface area contributed by atoms with Crippen LogP contribution in [0, 0.1) is 18.8 Å². The lowest BCUT2D eigenvalue weighted by Crippen LogP contribution is -2.34. The molecule has 1 N–H and O–H groups in total. The van der Waals surface area contributed by atoms with E-state index in [4.69, 9.17) is 0 Å². The Morgan fingerprint density at radius 3 is 1.87 bits per heavy atom. The average molecular weight is 304 g/mol. The molecule has 2 aromatic rings. The summed E-state index contributed by atoms with van der Waals surface area (Å²) in [6.45, 7) is 1.99. The number of aryl methyl sites for hydroxylation is 1. The molecular weight excluding hydrogens is 288 g/mol. The Bertz CT molecular complexity index is 796. The Balaban J connectivity index is 1.59. The number of anilines is 1. The van der Waals surface area contributed by atoms with Crippen molar-refractivity contribution in [2.75, 3.05) is 4.90 Å². The third kappa shape index (κ3) is 1.54. The molecule has 0 radical (unpaired) electrons. The van der Waals surface area contributed by atoms with Crippen LogP contribution in [-0.2, 0) is 9.59 Å². The number of imide groups is 1. The van der Waals surface area contributed by atoms with Gasteiger partial charge in [-0.2, -0.15) is 0 Å². The van der Waals surface area contributed by atoms with Crippen molar-refractivity contribution < 1.29 is 9.59 Å². The summed E-state index contributed by atoms with van der Waals surface area (Å²) in [7, 11) is 0. The maximum absolute atomic E-state index is 12.9. The molecule has 0 spiro atoms. The van der Waals surface area contributed by atoms with Gasteiger partial charge in [-0.1, -0.05) is 42.0 Å². The van der Waals surface area contributed by atoms with Gasteiger partial charge in [-0.25, -0.2) is 4.90 Å². The molecular formula is C19H16N2O2. The van der Waals surface area contributed by atoms with Gasteiger partial charge in [-0.3, -0.25) is 9.59 Å². The van der Waals surface area contributed by atoms with E-state index in [2.05, 4.69) is 17.4 Å². The molecule has 3 heterocycles. The van der Waals surface area contributed by atoms with Crippen molar-refractivity contribution in [2.45, 2.75) is 19.0 Å². The summed E-state index contributed by atoms with van der Waals surface area (Å²) in [5.74, 6) is -0.691. The van der Waals surface area contributed by atoms with Crippen molar-refractivity contribution in [2.24, 2.45) is 11.8 Å².